The quantitative estimate of drug-likeness (QED) is 0.189. The maximum atomic E-state index is 6.90. The van der Waals surface area contributed by atoms with Gasteiger partial charge in [-0.1, -0.05) is 117 Å². The largest absolute Gasteiger partial charge is 0.374 e. The predicted molar refractivity (Wildman–Crippen MR) is 145 cm³/mol. The summed E-state index contributed by atoms with van der Waals surface area (Å²) in [6, 6.07) is 38.5. The lowest BCUT2D eigenvalue weighted by Gasteiger charge is -2.26. The van der Waals surface area contributed by atoms with Crippen molar-refractivity contribution in [1.29, 1.82) is 0 Å². The third kappa shape index (κ3) is 7.96. The van der Waals surface area contributed by atoms with E-state index in [4.69, 9.17) is 4.74 Å². The van der Waals surface area contributed by atoms with Crippen LogP contribution in [0.5, 0.6) is 0 Å². The third-order valence-corrected chi connectivity index (χ3v) is 6.81. The van der Waals surface area contributed by atoms with Crippen molar-refractivity contribution >= 4 is 31.9 Å². The molecule has 0 fully saturated rings. The van der Waals surface area contributed by atoms with Crippen LogP contribution in [0.2, 0.25) is 0 Å². The van der Waals surface area contributed by atoms with Crippen LogP contribution in [0.1, 0.15) is 22.3 Å². The summed E-state index contributed by atoms with van der Waals surface area (Å²) in [5, 5.41) is 0. The van der Waals surface area contributed by atoms with Gasteiger partial charge < -0.3 is 4.74 Å². The molecule has 0 aromatic heterocycles. The van der Waals surface area contributed by atoms with Crippen LogP contribution in [0.15, 0.2) is 118 Å². The Kier molecular flexibility index (Phi) is 8.93. The highest BCUT2D eigenvalue weighted by atomic mass is 79.9. The van der Waals surface area contributed by atoms with Gasteiger partial charge in [0, 0.05) is 8.95 Å². The van der Waals surface area contributed by atoms with Gasteiger partial charge in [0.15, 0.2) is 0 Å². The van der Waals surface area contributed by atoms with Gasteiger partial charge in [0.1, 0.15) is 0 Å². The Balaban J connectivity index is 1.56. The lowest BCUT2D eigenvalue weighted by atomic mass is 9.98. The fourth-order valence-electron chi connectivity index (χ4n) is 4.13. The topological polar surface area (TPSA) is 9.23 Å². The molecule has 2 unspecified atom stereocenters. The second kappa shape index (κ2) is 12.3. The van der Waals surface area contributed by atoms with Gasteiger partial charge in [-0.2, -0.15) is 0 Å². The number of rotatable bonds is 10. The lowest BCUT2D eigenvalue weighted by Crippen LogP contribution is -2.29. The Bertz CT molecular complexity index is 1000. The monoisotopic (exact) mass is 562 g/mol. The van der Waals surface area contributed by atoms with Crippen molar-refractivity contribution in [1.82, 2.24) is 0 Å². The smallest absolute Gasteiger partial charge is 0.0659 e. The summed E-state index contributed by atoms with van der Waals surface area (Å²) >= 11 is 7.10. The summed E-state index contributed by atoms with van der Waals surface area (Å²) in [5.74, 6) is 0. The SMILES string of the molecule is Brc1ccc(CC(Cc2ccccc2)OC(Cc2ccccc2)Cc2ccc(Br)cc2)cc1. The molecule has 0 saturated heterocycles. The fourth-order valence-corrected chi connectivity index (χ4v) is 4.66. The average molecular weight is 564 g/mol. The molecule has 2 atom stereocenters. The lowest BCUT2D eigenvalue weighted by molar-refractivity contribution is -0.0105. The van der Waals surface area contributed by atoms with E-state index < -0.39 is 0 Å². The molecule has 4 aromatic carbocycles. The Hall–Kier alpha value is -2.20. The number of hydrogen-bond donors (Lipinski definition) is 0. The molecular formula is C30H28Br2O. The van der Waals surface area contributed by atoms with Crippen molar-refractivity contribution < 1.29 is 4.74 Å². The molecule has 0 heterocycles. The molecular weight excluding hydrogens is 536 g/mol. The molecule has 1 nitrogen and oxygen atoms in total. The predicted octanol–water partition coefficient (Wildman–Crippen LogP) is 8.24. The van der Waals surface area contributed by atoms with Crippen LogP contribution in [-0.2, 0) is 30.4 Å². The highest BCUT2D eigenvalue weighted by Crippen LogP contribution is 2.21. The third-order valence-electron chi connectivity index (χ3n) is 5.75. The minimum absolute atomic E-state index is 0.0951. The van der Waals surface area contributed by atoms with Crippen LogP contribution < -0.4 is 0 Å². The minimum atomic E-state index is 0.0951. The molecule has 0 aliphatic rings. The highest BCUT2D eigenvalue weighted by molar-refractivity contribution is 9.10. The molecule has 4 rings (SSSR count). The van der Waals surface area contributed by atoms with Gasteiger partial charge in [0.05, 0.1) is 12.2 Å². The zero-order chi connectivity index (χ0) is 22.9. The van der Waals surface area contributed by atoms with Gasteiger partial charge >= 0.3 is 0 Å². The van der Waals surface area contributed by atoms with E-state index in [0.29, 0.717) is 0 Å². The highest BCUT2D eigenvalue weighted by Gasteiger charge is 2.19. The van der Waals surface area contributed by atoms with Crippen LogP contribution in [-0.4, -0.2) is 12.2 Å². The Morgan fingerprint density at radius 1 is 0.424 bits per heavy atom. The van der Waals surface area contributed by atoms with Crippen molar-refractivity contribution in [2.24, 2.45) is 0 Å². The van der Waals surface area contributed by atoms with Crippen LogP contribution in [0.4, 0.5) is 0 Å². The van der Waals surface area contributed by atoms with E-state index in [0.717, 1.165) is 34.6 Å². The van der Waals surface area contributed by atoms with E-state index >= 15 is 0 Å². The maximum Gasteiger partial charge on any atom is 0.0659 e. The minimum Gasteiger partial charge on any atom is -0.374 e. The first-order valence-corrected chi connectivity index (χ1v) is 12.9. The zero-order valence-corrected chi connectivity index (χ0v) is 21.7. The van der Waals surface area contributed by atoms with E-state index in [1.165, 1.54) is 22.3 Å². The van der Waals surface area contributed by atoms with E-state index in [2.05, 4.69) is 141 Å². The fraction of sp³-hybridized carbons (Fsp3) is 0.200. The Morgan fingerprint density at radius 3 is 1.06 bits per heavy atom. The summed E-state index contributed by atoms with van der Waals surface area (Å²) in [5.41, 5.74) is 5.20. The average Bonchev–Trinajstić information content (AvgIpc) is 2.83. The first-order valence-electron chi connectivity index (χ1n) is 11.4. The molecule has 0 aliphatic heterocycles. The van der Waals surface area contributed by atoms with Gasteiger partial charge in [-0.05, 0) is 72.2 Å². The second-order valence-electron chi connectivity index (χ2n) is 8.42. The Morgan fingerprint density at radius 2 is 0.727 bits per heavy atom. The van der Waals surface area contributed by atoms with Gasteiger partial charge in [0.25, 0.3) is 0 Å². The van der Waals surface area contributed by atoms with Crippen molar-refractivity contribution in [3.05, 3.63) is 140 Å². The normalized spacial score (nSPS) is 12.9. The van der Waals surface area contributed by atoms with Crippen molar-refractivity contribution in [2.75, 3.05) is 0 Å². The Labute approximate surface area is 214 Å². The van der Waals surface area contributed by atoms with Gasteiger partial charge in [0.2, 0.25) is 0 Å². The zero-order valence-electron chi connectivity index (χ0n) is 18.5. The number of benzene rings is 4. The molecule has 33 heavy (non-hydrogen) atoms. The van der Waals surface area contributed by atoms with Crippen molar-refractivity contribution in [2.45, 2.75) is 37.9 Å². The molecule has 0 aliphatic carbocycles. The van der Waals surface area contributed by atoms with Crippen LogP contribution >= 0.6 is 31.9 Å². The summed E-state index contributed by atoms with van der Waals surface area (Å²) in [6.07, 6.45) is 3.74. The van der Waals surface area contributed by atoms with E-state index in [1.807, 2.05) is 0 Å². The molecule has 3 heteroatoms. The molecule has 0 spiro atoms. The maximum absolute atomic E-state index is 6.90. The first kappa shape index (κ1) is 23.9. The van der Waals surface area contributed by atoms with Crippen LogP contribution in [0.3, 0.4) is 0 Å². The second-order valence-corrected chi connectivity index (χ2v) is 10.3. The summed E-state index contributed by atoms with van der Waals surface area (Å²) in [6.45, 7) is 0. The molecule has 0 N–H and O–H groups in total. The summed E-state index contributed by atoms with van der Waals surface area (Å²) in [4.78, 5) is 0. The van der Waals surface area contributed by atoms with Crippen molar-refractivity contribution in [3.8, 4) is 0 Å². The molecule has 168 valence electrons. The standard InChI is InChI=1S/C30H28Br2O/c31-27-15-11-25(12-16-27)21-29(19-23-7-3-1-4-8-23)33-30(20-24-9-5-2-6-10-24)22-26-13-17-28(32)18-14-26/h1-18,29-30H,19-22H2. The summed E-state index contributed by atoms with van der Waals surface area (Å²) in [7, 11) is 0. The van der Waals surface area contributed by atoms with Crippen LogP contribution in [0.25, 0.3) is 0 Å². The van der Waals surface area contributed by atoms with Crippen LogP contribution in [0, 0.1) is 0 Å². The number of hydrogen-bond acceptors (Lipinski definition) is 1. The molecule has 4 aromatic rings. The van der Waals surface area contributed by atoms with Crippen molar-refractivity contribution in [3.63, 3.8) is 0 Å². The van der Waals surface area contributed by atoms with Gasteiger partial charge in [-0.25, -0.2) is 0 Å². The first-order chi connectivity index (χ1) is 16.1. The number of halogens is 2. The molecule has 0 amide bonds. The van der Waals surface area contributed by atoms with E-state index in [9.17, 15) is 0 Å². The number of ether oxygens (including phenoxy) is 1. The summed E-state index contributed by atoms with van der Waals surface area (Å²) < 4.78 is 9.11. The van der Waals surface area contributed by atoms with Gasteiger partial charge in [-0.15, -0.1) is 0 Å². The van der Waals surface area contributed by atoms with E-state index in [1.54, 1.807) is 0 Å². The van der Waals surface area contributed by atoms with Gasteiger partial charge in [-0.3, -0.25) is 0 Å². The molecule has 0 radical (unpaired) electrons. The van der Waals surface area contributed by atoms with E-state index in [-0.39, 0.29) is 12.2 Å². The molecule has 0 saturated carbocycles. The molecule has 0 bridgehead atoms.